The summed E-state index contributed by atoms with van der Waals surface area (Å²) in [6.45, 7) is 0. The second-order valence-electron chi connectivity index (χ2n) is 7.16. The van der Waals surface area contributed by atoms with Crippen molar-refractivity contribution in [2.24, 2.45) is 0 Å². The highest BCUT2D eigenvalue weighted by Crippen LogP contribution is 2.38. The number of imidazole rings is 1. The van der Waals surface area contributed by atoms with E-state index in [1.807, 2.05) is 6.20 Å². The molecule has 4 heteroatoms. The van der Waals surface area contributed by atoms with E-state index in [9.17, 15) is 0 Å². The van der Waals surface area contributed by atoms with Gasteiger partial charge in [-0.3, -0.25) is 0 Å². The minimum absolute atomic E-state index is 0.995. The lowest BCUT2D eigenvalue weighted by atomic mass is 9.85. The smallest absolute Gasteiger partial charge is 0.0931 e. The number of aromatic nitrogens is 4. The van der Waals surface area contributed by atoms with Crippen LogP contribution in [0, 0.1) is 0 Å². The molecule has 0 bridgehead atoms. The van der Waals surface area contributed by atoms with E-state index in [1.54, 1.807) is 6.33 Å². The Kier molecular flexibility index (Phi) is 2.80. The van der Waals surface area contributed by atoms with Crippen LogP contribution in [0.15, 0.2) is 48.9 Å². The molecule has 6 rings (SSSR count). The molecule has 0 aliphatic heterocycles. The number of H-pyrrole nitrogens is 2. The lowest BCUT2D eigenvalue weighted by Gasteiger charge is -2.22. The summed E-state index contributed by atoms with van der Waals surface area (Å²) < 4.78 is 0. The first-order valence-electron chi connectivity index (χ1n) is 9.23. The van der Waals surface area contributed by atoms with Crippen molar-refractivity contribution in [1.82, 2.24) is 19.9 Å². The molecule has 126 valence electrons. The fourth-order valence-electron chi connectivity index (χ4n) is 4.48. The van der Waals surface area contributed by atoms with Crippen LogP contribution in [0.1, 0.15) is 24.0 Å². The van der Waals surface area contributed by atoms with Crippen LogP contribution in [0.4, 0.5) is 0 Å². The topological polar surface area (TPSA) is 57.4 Å². The number of pyridine rings is 1. The third kappa shape index (κ3) is 1.90. The van der Waals surface area contributed by atoms with Gasteiger partial charge >= 0.3 is 0 Å². The van der Waals surface area contributed by atoms with Gasteiger partial charge in [0.1, 0.15) is 0 Å². The predicted molar refractivity (Wildman–Crippen MR) is 105 cm³/mol. The average Bonchev–Trinajstić information content (AvgIpc) is 3.35. The minimum atomic E-state index is 0.995. The van der Waals surface area contributed by atoms with Crippen LogP contribution < -0.4 is 0 Å². The van der Waals surface area contributed by atoms with Gasteiger partial charge in [-0.2, -0.15) is 0 Å². The Morgan fingerprint density at radius 3 is 2.65 bits per heavy atom. The van der Waals surface area contributed by atoms with Crippen molar-refractivity contribution in [2.75, 3.05) is 0 Å². The molecular weight excluding hydrogens is 320 g/mol. The number of hydrogen-bond donors (Lipinski definition) is 2. The third-order valence-corrected chi connectivity index (χ3v) is 5.69. The number of aryl methyl sites for hydroxylation is 1. The van der Waals surface area contributed by atoms with Gasteiger partial charge in [0.15, 0.2) is 0 Å². The van der Waals surface area contributed by atoms with E-state index in [-0.39, 0.29) is 0 Å². The molecule has 0 unspecified atom stereocenters. The van der Waals surface area contributed by atoms with Gasteiger partial charge in [0.05, 0.1) is 28.6 Å². The van der Waals surface area contributed by atoms with E-state index >= 15 is 0 Å². The van der Waals surface area contributed by atoms with Crippen LogP contribution in [0.25, 0.3) is 44.1 Å². The Labute approximate surface area is 150 Å². The van der Waals surface area contributed by atoms with E-state index in [2.05, 4.69) is 51.4 Å². The molecule has 0 amide bonds. The molecule has 1 aliphatic carbocycles. The van der Waals surface area contributed by atoms with E-state index in [1.165, 1.54) is 45.8 Å². The standard InChI is InChI=1S/C22H18N4/c1-2-4-15-14(3-1)21-16-9-10-23-17(16)7-8-19(21)26-22(15)13-5-6-18-20(11-13)25-12-24-18/h5-12,23H,1-4H2,(H,24,25). The Morgan fingerprint density at radius 2 is 1.69 bits per heavy atom. The van der Waals surface area contributed by atoms with Crippen LogP contribution >= 0.6 is 0 Å². The first-order chi connectivity index (χ1) is 12.9. The van der Waals surface area contributed by atoms with Gasteiger partial charge in [0.25, 0.3) is 0 Å². The van der Waals surface area contributed by atoms with Crippen molar-refractivity contribution in [3.63, 3.8) is 0 Å². The Bertz CT molecular complexity index is 1290. The zero-order valence-electron chi connectivity index (χ0n) is 14.3. The number of nitrogens with one attached hydrogen (secondary N) is 2. The zero-order chi connectivity index (χ0) is 17.1. The number of aromatic amines is 2. The summed E-state index contributed by atoms with van der Waals surface area (Å²) in [6, 6.07) is 12.9. The van der Waals surface area contributed by atoms with Gasteiger partial charge in [0, 0.05) is 28.0 Å². The lowest BCUT2D eigenvalue weighted by Crippen LogP contribution is -2.07. The SMILES string of the molecule is c1nc2cc(-c3nc4ccc5[nH]ccc5c4c4c3CCCC4)ccc2[nH]1. The summed E-state index contributed by atoms with van der Waals surface area (Å²) in [5, 5.41) is 2.63. The molecule has 3 heterocycles. The molecule has 0 fully saturated rings. The van der Waals surface area contributed by atoms with Crippen molar-refractivity contribution in [3.8, 4) is 11.3 Å². The predicted octanol–water partition coefficient (Wildman–Crippen LogP) is 5.14. The number of benzene rings is 2. The van der Waals surface area contributed by atoms with Crippen molar-refractivity contribution in [2.45, 2.75) is 25.7 Å². The van der Waals surface area contributed by atoms with Gasteiger partial charge in [-0.1, -0.05) is 6.07 Å². The van der Waals surface area contributed by atoms with E-state index < -0.39 is 0 Å². The van der Waals surface area contributed by atoms with Crippen molar-refractivity contribution < 1.29 is 0 Å². The maximum absolute atomic E-state index is 5.13. The molecule has 5 aromatic rings. The van der Waals surface area contributed by atoms with Crippen molar-refractivity contribution >= 4 is 32.8 Å². The Balaban J connectivity index is 1.71. The minimum Gasteiger partial charge on any atom is -0.361 e. The molecule has 0 saturated carbocycles. The summed E-state index contributed by atoms with van der Waals surface area (Å²) in [5.74, 6) is 0. The van der Waals surface area contributed by atoms with E-state index in [0.29, 0.717) is 0 Å². The van der Waals surface area contributed by atoms with Crippen molar-refractivity contribution in [1.29, 1.82) is 0 Å². The molecular formula is C22H18N4. The van der Waals surface area contributed by atoms with Gasteiger partial charge in [-0.25, -0.2) is 9.97 Å². The van der Waals surface area contributed by atoms with Gasteiger partial charge < -0.3 is 9.97 Å². The number of nitrogens with zero attached hydrogens (tertiary/aromatic N) is 2. The van der Waals surface area contributed by atoms with Crippen LogP contribution in [0.5, 0.6) is 0 Å². The largest absolute Gasteiger partial charge is 0.361 e. The van der Waals surface area contributed by atoms with Crippen molar-refractivity contribution in [3.05, 3.63) is 60.0 Å². The first kappa shape index (κ1) is 14.1. The molecule has 2 aromatic carbocycles. The summed E-state index contributed by atoms with van der Waals surface area (Å²) in [4.78, 5) is 16.1. The second-order valence-corrected chi connectivity index (χ2v) is 7.16. The highest BCUT2D eigenvalue weighted by Gasteiger charge is 2.21. The van der Waals surface area contributed by atoms with Crippen LogP contribution in [0.3, 0.4) is 0 Å². The third-order valence-electron chi connectivity index (χ3n) is 5.69. The summed E-state index contributed by atoms with van der Waals surface area (Å²) in [5.41, 5.74) is 9.56. The van der Waals surface area contributed by atoms with Crippen LogP contribution in [-0.4, -0.2) is 19.9 Å². The first-order valence-corrected chi connectivity index (χ1v) is 9.23. The van der Waals surface area contributed by atoms with Crippen LogP contribution in [0.2, 0.25) is 0 Å². The van der Waals surface area contributed by atoms with E-state index in [4.69, 9.17) is 4.98 Å². The second kappa shape index (κ2) is 5.18. The average molecular weight is 338 g/mol. The maximum Gasteiger partial charge on any atom is 0.0931 e. The molecule has 0 saturated heterocycles. The molecule has 0 atom stereocenters. The van der Waals surface area contributed by atoms with Gasteiger partial charge in [-0.15, -0.1) is 0 Å². The van der Waals surface area contributed by atoms with Gasteiger partial charge in [-0.05, 0) is 67.1 Å². The van der Waals surface area contributed by atoms with E-state index in [0.717, 1.165) is 35.1 Å². The Hall–Kier alpha value is -3.14. The molecule has 0 spiro atoms. The zero-order valence-corrected chi connectivity index (χ0v) is 14.3. The monoisotopic (exact) mass is 338 g/mol. The highest BCUT2D eigenvalue weighted by atomic mass is 14.9. The van der Waals surface area contributed by atoms with Crippen LogP contribution in [-0.2, 0) is 12.8 Å². The fraction of sp³-hybridized carbons (Fsp3) is 0.182. The normalized spacial score (nSPS) is 14.3. The quantitative estimate of drug-likeness (QED) is 0.445. The number of rotatable bonds is 1. The molecule has 1 aliphatic rings. The molecule has 3 aromatic heterocycles. The number of fused-ring (bicyclic) bond motifs is 6. The van der Waals surface area contributed by atoms with Gasteiger partial charge in [0.2, 0.25) is 0 Å². The fourth-order valence-corrected chi connectivity index (χ4v) is 4.48. The summed E-state index contributed by atoms with van der Waals surface area (Å²) >= 11 is 0. The molecule has 26 heavy (non-hydrogen) atoms. The number of hydrogen-bond acceptors (Lipinski definition) is 2. The summed E-state index contributed by atoms with van der Waals surface area (Å²) in [7, 11) is 0. The Morgan fingerprint density at radius 1 is 0.808 bits per heavy atom. The highest BCUT2D eigenvalue weighted by molar-refractivity contribution is 6.08. The molecule has 0 radical (unpaired) electrons. The summed E-state index contributed by atoms with van der Waals surface area (Å²) in [6.07, 6.45) is 8.51. The molecule has 2 N–H and O–H groups in total. The lowest BCUT2D eigenvalue weighted by molar-refractivity contribution is 0.689. The maximum atomic E-state index is 5.13. The molecule has 4 nitrogen and oxygen atoms in total.